The molecule has 0 saturated carbocycles. The van der Waals surface area contributed by atoms with E-state index in [9.17, 15) is 4.79 Å². The number of rotatable bonds is 4. The van der Waals surface area contributed by atoms with Crippen LogP contribution in [-0.4, -0.2) is 51.4 Å². The molecule has 2 aromatic rings. The van der Waals surface area contributed by atoms with E-state index in [0.717, 1.165) is 57.6 Å². The van der Waals surface area contributed by atoms with Crippen LogP contribution in [0.5, 0.6) is 0 Å². The van der Waals surface area contributed by atoms with Crippen molar-refractivity contribution in [1.29, 1.82) is 0 Å². The van der Waals surface area contributed by atoms with Gasteiger partial charge < -0.3 is 4.90 Å². The molecule has 4 rings (SSSR count). The quantitative estimate of drug-likeness (QED) is 0.820. The highest BCUT2D eigenvalue weighted by Gasteiger charge is 2.46. The van der Waals surface area contributed by atoms with E-state index in [4.69, 9.17) is 0 Å². The monoisotopic (exact) mass is 378 g/mol. The second kappa shape index (κ2) is 8.00. The number of carbonyl (C=O) groups excluding carboxylic acids is 1. The number of piperidine rings is 1. The first-order chi connectivity index (χ1) is 13.5. The Labute approximate surface area is 167 Å². The summed E-state index contributed by atoms with van der Waals surface area (Å²) in [6.45, 7) is 7.84. The number of amides is 1. The Morgan fingerprint density at radius 1 is 1.14 bits per heavy atom. The van der Waals surface area contributed by atoms with Crippen molar-refractivity contribution < 1.29 is 4.79 Å². The minimum absolute atomic E-state index is 0.198. The fourth-order valence-electron chi connectivity index (χ4n) is 4.92. The zero-order valence-corrected chi connectivity index (χ0v) is 17.0. The number of pyridine rings is 2. The van der Waals surface area contributed by atoms with Gasteiger partial charge in [0.15, 0.2) is 0 Å². The fourth-order valence-corrected chi connectivity index (χ4v) is 4.92. The van der Waals surface area contributed by atoms with Gasteiger partial charge in [-0.05, 0) is 68.5 Å². The molecular weight excluding hydrogens is 348 g/mol. The number of nitrogens with zero attached hydrogens (tertiary/aromatic N) is 4. The summed E-state index contributed by atoms with van der Waals surface area (Å²) in [6, 6.07) is 10.5. The molecule has 1 atom stereocenters. The molecule has 0 bridgehead atoms. The molecule has 0 aromatic carbocycles. The Morgan fingerprint density at radius 3 is 2.61 bits per heavy atom. The predicted octanol–water partition coefficient (Wildman–Crippen LogP) is 3.23. The van der Waals surface area contributed by atoms with Gasteiger partial charge in [-0.3, -0.25) is 19.7 Å². The smallest absolute Gasteiger partial charge is 0.219 e. The summed E-state index contributed by atoms with van der Waals surface area (Å²) in [6.07, 6.45) is 8.00. The first-order valence-electron chi connectivity index (χ1n) is 10.3. The first-order valence-corrected chi connectivity index (χ1v) is 10.3. The molecule has 0 radical (unpaired) electrons. The SMILES string of the molecule is CC(=O)N1CC2(CCN(Cc3ncccc3C)CC2)CC1Cc1ccccn1. The third-order valence-electron chi connectivity index (χ3n) is 6.60. The van der Waals surface area contributed by atoms with Crippen LogP contribution in [0.4, 0.5) is 0 Å². The average Bonchev–Trinajstić information content (AvgIpc) is 3.04. The summed E-state index contributed by atoms with van der Waals surface area (Å²) < 4.78 is 0. The minimum atomic E-state index is 0.198. The molecule has 1 unspecified atom stereocenters. The van der Waals surface area contributed by atoms with Crippen LogP contribution >= 0.6 is 0 Å². The number of aryl methyl sites for hydroxylation is 1. The number of hydrogen-bond acceptors (Lipinski definition) is 4. The van der Waals surface area contributed by atoms with Crippen LogP contribution in [-0.2, 0) is 17.8 Å². The summed E-state index contributed by atoms with van der Waals surface area (Å²) in [7, 11) is 0. The van der Waals surface area contributed by atoms with Gasteiger partial charge in [0.2, 0.25) is 5.91 Å². The Kier molecular flexibility index (Phi) is 5.44. The molecule has 1 spiro atoms. The number of hydrogen-bond donors (Lipinski definition) is 0. The molecule has 2 aliphatic rings. The van der Waals surface area contributed by atoms with E-state index in [1.807, 2.05) is 30.6 Å². The highest BCUT2D eigenvalue weighted by molar-refractivity contribution is 5.74. The van der Waals surface area contributed by atoms with E-state index in [1.165, 1.54) is 11.3 Å². The molecule has 0 aliphatic carbocycles. The van der Waals surface area contributed by atoms with Crippen molar-refractivity contribution in [1.82, 2.24) is 19.8 Å². The Balaban J connectivity index is 1.40. The normalized spacial score (nSPS) is 21.9. The zero-order chi connectivity index (χ0) is 19.6. The largest absolute Gasteiger partial charge is 0.339 e. The summed E-state index contributed by atoms with van der Waals surface area (Å²) in [4.78, 5) is 26.0. The molecule has 2 aromatic heterocycles. The number of likely N-dealkylation sites (tertiary alicyclic amines) is 2. The van der Waals surface area contributed by atoms with Crippen LogP contribution in [0.3, 0.4) is 0 Å². The van der Waals surface area contributed by atoms with Crippen LogP contribution in [0.2, 0.25) is 0 Å². The van der Waals surface area contributed by atoms with Gasteiger partial charge in [0, 0.05) is 50.6 Å². The van der Waals surface area contributed by atoms with Crippen LogP contribution in [0.25, 0.3) is 0 Å². The summed E-state index contributed by atoms with van der Waals surface area (Å²) in [5, 5.41) is 0. The standard InChI is InChI=1S/C23H30N4O/c1-18-6-5-11-25-22(18)16-26-12-8-23(9-13-26)15-21(27(17-23)19(2)28)14-20-7-3-4-10-24-20/h3-7,10-11,21H,8-9,12-17H2,1-2H3. The molecule has 0 N–H and O–H groups in total. The van der Waals surface area contributed by atoms with Gasteiger partial charge in [-0.15, -0.1) is 0 Å². The van der Waals surface area contributed by atoms with Crippen molar-refractivity contribution >= 4 is 5.91 Å². The summed E-state index contributed by atoms with van der Waals surface area (Å²) in [5.41, 5.74) is 3.80. The molecule has 5 nitrogen and oxygen atoms in total. The van der Waals surface area contributed by atoms with Crippen molar-refractivity contribution in [2.45, 2.75) is 52.1 Å². The fraction of sp³-hybridized carbons (Fsp3) is 0.522. The van der Waals surface area contributed by atoms with Crippen molar-refractivity contribution in [3.63, 3.8) is 0 Å². The maximum atomic E-state index is 12.3. The molecule has 28 heavy (non-hydrogen) atoms. The second-order valence-electron chi connectivity index (χ2n) is 8.57. The van der Waals surface area contributed by atoms with E-state index in [2.05, 4.69) is 38.8 Å². The average molecular weight is 379 g/mol. The van der Waals surface area contributed by atoms with Crippen LogP contribution in [0.1, 0.15) is 43.1 Å². The molecule has 2 saturated heterocycles. The predicted molar refractivity (Wildman–Crippen MR) is 110 cm³/mol. The van der Waals surface area contributed by atoms with Gasteiger partial charge >= 0.3 is 0 Å². The molecular formula is C23H30N4O. The number of aromatic nitrogens is 2. The van der Waals surface area contributed by atoms with E-state index < -0.39 is 0 Å². The van der Waals surface area contributed by atoms with Crippen molar-refractivity contribution in [2.75, 3.05) is 19.6 Å². The van der Waals surface area contributed by atoms with Gasteiger partial charge in [0.1, 0.15) is 0 Å². The Bertz CT molecular complexity index is 814. The Morgan fingerprint density at radius 2 is 1.93 bits per heavy atom. The lowest BCUT2D eigenvalue weighted by Crippen LogP contribution is -2.42. The molecule has 2 aliphatic heterocycles. The molecule has 2 fully saturated rings. The first kappa shape index (κ1) is 19.1. The van der Waals surface area contributed by atoms with Gasteiger partial charge in [0.05, 0.1) is 5.69 Å². The number of carbonyl (C=O) groups is 1. The maximum Gasteiger partial charge on any atom is 0.219 e. The molecule has 1 amide bonds. The van der Waals surface area contributed by atoms with Gasteiger partial charge in [0.25, 0.3) is 0 Å². The Hall–Kier alpha value is -2.27. The zero-order valence-electron chi connectivity index (χ0n) is 17.0. The maximum absolute atomic E-state index is 12.3. The van der Waals surface area contributed by atoms with E-state index >= 15 is 0 Å². The second-order valence-corrected chi connectivity index (χ2v) is 8.57. The minimum Gasteiger partial charge on any atom is -0.339 e. The van der Waals surface area contributed by atoms with Crippen LogP contribution in [0.15, 0.2) is 42.7 Å². The van der Waals surface area contributed by atoms with E-state index in [1.54, 1.807) is 6.92 Å². The van der Waals surface area contributed by atoms with Crippen molar-refractivity contribution in [3.05, 3.63) is 59.7 Å². The third-order valence-corrected chi connectivity index (χ3v) is 6.60. The van der Waals surface area contributed by atoms with E-state index in [-0.39, 0.29) is 17.4 Å². The molecule has 4 heterocycles. The summed E-state index contributed by atoms with van der Waals surface area (Å²) >= 11 is 0. The van der Waals surface area contributed by atoms with Crippen LogP contribution < -0.4 is 0 Å². The van der Waals surface area contributed by atoms with Gasteiger partial charge in [-0.1, -0.05) is 12.1 Å². The lowest BCUT2D eigenvalue weighted by molar-refractivity contribution is -0.130. The topological polar surface area (TPSA) is 49.3 Å². The lowest BCUT2D eigenvalue weighted by atomic mass is 9.76. The van der Waals surface area contributed by atoms with Gasteiger partial charge in [-0.2, -0.15) is 0 Å². The van der Waals surface area contributed by atoms with Crippen LogP contribution in [0, 0.1) is 12.3 Å². The highest BCUT2D eigenvalue weighted by Crippen LogP contribution is 2.44. The lowest BCUT2D eigenvalue weighted by Gasteiger charge is -2.39. The third kappa shape index (κ3) is 4.09. The molecule has 148 valence electrons. The van der Waals surface area contributed by atoms with E-state index in [0.29, 0.717) is 0 Å². The van der Waals surface area contributed by atoms with Crippen molar-refractivity contribution in [3.8, 4) is 0 Å². The highest BCUT2D eigenvalue weighted by atomic mass is 16.2. The van der Waals surface area contributed by atoms with Gasteiger partial charge in [-0.25, -0.2) is 0 Å². The summed E-state index contributed by atoms with van der Waals surface area (Å²) in [5.74, 6) is 0.198. The van der Waals surface area contributed by atoms with Crippen molar-refractivity contribution in [2.24, 2.45) is 5.41 Å². The molecule has 5 heteroatoms.